The van der Waals surface area contributed by atoms with Crippen molar-refractivity contribution in [3.8, 4) is 0 Å². The van der Waals surface area contributed by atoms with Crippen molar-refractivity contribution in [1.29, 1.82) is 0 Å². The summed E-state index contributed by atoms with van der Waals surface area (Å²) in [5.41, 5.74) is 0. The molecular weight excluding hydrogens is 224 g/mol. The van der Waals surface area contributed by atoms with Gasteiger partial charge in [-0.3, -0.25) is 0 Å². The van der Waals surface area contributed by atoms with Crippen LogP contribution in [0.5, 0.6) is 0 Å². The van der Waals surface area contributed by atoms with Crippen LogP contribution in [0.25, 0.3) is 0 Å². The van der Waals surface area contributed by atoms with Gasteiger partial charge in [0.1, 0.15) is 0 Å². The molecule has 0 heterocycles. The fourth-order valence-corrected chi connectivity index (χ4v) is 5.69. The van der Waals surface area contributed by atoms with Gasteiger partial charge < -0.3 is 4.43 Å². The van der Waals surface area contributed by atoms with Gasteiger partial charge in [0.25, 0.3) is 0 Å². The van der Waals surface area contributed by atoms with Crippen molar-refractivity contribution in [1.82, 2.24) is 0 Å². The van der Waals surface area contributed by atoms with E-state index < -0.39 is 0 Å². The summed E-state index contributed by atoms with van der Waals surface area (Å²) in [5.74, 6) is 3.17. The van der Waals surface area contributed by atoms with Crippen LogP contribution in [-0.2, 0) is 4.43 Å². The highest BCUT2D eigenvalue weighted by atomic mass is 28.2. The standard InChI is InChI=1S/C15H30OSi/c1-16-17-12-15(13-8-4-2-5-9-13)14-10-6-3-7-11-14/h13-15H,2-12,17H2,1H3. The molecule has 2 rings (SSSR count). The average Bonchev–Trinajstić information content (AvgIpc) is 2.42. The van der Waals surface area contributed by atoms with Gasteiger partial charge in [-0.25, -0.2) is 0 Å². The van der Waals surface area contributed by atoms with Gasteiger partial charge in [-0.1, -0.05) is 64.2 Å². The molecule has 1 nitrogen and oxygen atoms in total. The lowest BCUT2D eigenvalue weighted by molar-refractivity contribution is 0.156. The van der Waals surface area contributed by atoms with Gasteiger partial charge in [-0.15, -0.1) is 0 Å². The maximum atomic E-state index is 5.49. The minimum Gasteiger partial charge on any atom is -0.427 e. The molecule has 2 saturated carbocycles. The summed E-state index contributed by atoms with van der Waals surface area (Å²) in [5, 5.41) is 0. The molecule has 0 aliphatic heterocycles. The normalized spacial score (nSPS) is 25.1. The first kappa shape index (κ1) is 13.6. The van der Waals surface area contributed by atoms with Crippen molar-refractivity contribution >= 4 is 9.76 Å². The Morgan fingerprint density at radius 1 is 0.882 bits per heavy atom. The predicted octanol–water partition coefficient (Wildman–Crippen LogP) is 3.91. The summed E-state index contributed by atoms with van der Waals surface area (Å²) in [7, 11) is 1.71. The van der Waals surface area contributed by atoms with Crippen molar-refractivity contribution in [3.05, 3.63) is 0 Å². The third-order valence-corrected chi connectivity index (χ3v) is 6.48. The Hall–Kier alpha value is 0.177. The van der Waals surface area contributed by atoms with Gasteiger partial charge in [-0.2, -0.15) is 0 Å². The Balaban J connectivity index is 1.90. The monoisotopic (exact) mass is 254 g/mol. The molecule has 17 heavy (non-hydrogen) atoms. The van der Waals surface area contributed by atoms with Gasteiger partial charge in [0, 0.05) is 7.11 Å². The molecule has 0 amide bonds. The predicted molar refractivity (Wildman–Crippen MR) is 77.0 cm³/mol. The number of rotatable bonds is 5. The quantitative estimate of drug-likeness (QED) is 0.676. The molecule has 0 saturated heterocycles. The van der Waals surface area contributed by atoms with Crippen LogP contribution in [0.1, 0.15) is 64.2 Å². The number of hydrogen-bond donors (Lipinski definition) is 0. The maximum absolute atomic E-state index is 5.49. The summed E-state index contributed by atoms with van der Waals surface area (Å²) in [6.45, 7) is 0. The molecule has 0 unspecified atom stereocenters. The van der Waals surface area contributed by atoms with E-state index in [2.05, 4.69) is 0 Å². The summed E-state index contributed by atoms with van der Waals surface area (Å²) in [6.07, 6.45) is 15.1. The topological polar surface area (TPSA) is 9.23 Å². The highest BCUT2D eigenvalue weighted by Crippen LogP contribution is 2.41. The van der Waals surface area contributed by atoms with Crippen molar-refractivity contribution in [2.45, 2.75) is 70.3 Å². The van der Waals surface area contributed by atoms with Gasteiger partial charge in [-0.05, 0) is 23.8 Å². The molecule has 2 aliphatic carbocycles. The van der Waals surface area contributed by atoms with Crippen LogP contribution in [-0.4, -0.2) is 16.9 Å². The zero-order chi connectivity index (χ0) is 11.9. The first-order chi connectivity index (χ1) is 8.42. The number of hydrogen-bond acceptors (Lipinski definition) is 1. The highest BCUT2D eigenvalue weighted by molar-refractivity contribution is 6.27. The minimum absolute atomic E-state index is 0.216. The molecule has 0 spiro atoms. The van der Waals surface area contributed by atoms with Gasteiger partial charge in [0.15, 0.2) is 9.76 Å². The SMILES string of the molecule is CO[SiH2]CC(C1CCCCC1)C1CCCCC1. The maximum Gasteiger partial charge on any atom is 0.161 e. The van der Waals surface area contributed by atoms with Gasteiger partial charge >= 0.3 is 0 Å². The summed E-state index contributed by atoms with van der Waals surface area (Å²) >= 11 is 0. The molecule has 0 atom stereocenters. The van der Waals surface area contributed by atoms with Crippen LogP contribution in [0, 0.1) is 17.8 Å². The van der Waals surface area contributed by atoms with Crippen LogP contribution in [0.4, 0.5) is 0 Å². The van der Waals surface area contributed by atoms with E-state index in [1.165, 1.54) is 70.3 Å². The summed E-state index contributed by atoms with van der Waals surface area (Å²) in [4.78, 5) is 0. The molecule has 0 aromatic rings. The second-order valence-electron chi connectivity index (χ2n) is 6.24. The molecule has 2 aliphatic rings. The molecule has 0 bridgehead atoms. The third-order valence-electron chi connectivity index (χ3n) is 5.17. The fourth-order valence-electron chi connectivity index (χ4n) is 4.23. The lowest BCUT2D eigenvalue weighted by Crippen LogP contribution is -2.28. The molecule has 0 N–H and O–H groups in total. The molecule has 100 valence electrons. The van der Waals surface area contributed by atoms with Gasteiger partial charge in [0.2, 0.25) is 0 Å². The highest BCUT2D eigenvalue weighted by Gasteiger charge is 2.30. The Morgan fingerprint density at radius 3 is 1.76 bits per heavy atom. The van der Waals surface area contributed by atoms with Crippen LogP contribution >= 0.6 is 0 Å². The zero-order valence-corrected chi connectivity index (χ0v) is 13.0. The van der Waals surface area contributed by atoms with E-state index in [9.17, 15) is 0 Å². The second kappa shape index (κ2) is 7.58. The first-order valence-electron chi connectivity index (χ1n) is 7.90. The Morgan fingerprint density at radius 2 is 1.35 bits per heavy atom. The fraction of sp³-hybridized carbons (Fsp3) is 1.00. The van der Waals surface area contributed by atoms with E-state index in [1.54, 1.807) is 0 Å². The van der Waals surface area contributed by atoms with Crippen molar-refractivity contribution in [3.63, 3.8) is 0 Å². The Bertz CT molecular complexity index is 177. The van der Waals surface area contributed by atoms with Gasteiger partial charge in [0.05, 0.1) is 0 Å². The zero-order valence-electron chi connectivity index (χ0n) is 11.6. The second-order valence-corrected chi connectivity index (χ2v) is 7.80. The summed E-state index contributed by atoms with van der Waals surface area (Å²) < 4.78 is 5.49. The Kier molecular flexibility index (Phi) is 6.06. The van der Waals surface area contributed by atoms with Crippen molar-refractivity contribution in [2.24, 2.45) is 17.8 Å². The molecule has 0 aromatic carbocycles. The van der Waals surface area contributed by atoms with Crippen LogP contribution in [0.3, 0.4) is 0 Å². The van der Waals surface area contributed by atoms with E-state index >= 15 is 0 Å². The molecule has 0 aromatic heterocycles. The van der Waals surface area contributed by atoms with Crippen LogP contribution < -0.4 is 0 Å². The first-order valence-corrected chi connectivity index (χ1v) is 9.48. The molecule has 0 radical (unpaired) electrons. The largest absolute Gasteiger partial charge is 0.427 e. The van der Waals surface area contributed by atoms with E-state index in [0.29, 0.717) is 0 Å². The Labute approximate surface area is 110 Å². The van der Waals surface area contributed by atoms with E-state index in [4.69, 9.17) is 4.43 Å². The lowest BCUT2D eigenvalue weighted by Gasteiger charge is -2.37. The molecular formula is C15H30OSi. The lowest BCUT2D eigenvalue weighted by atomic mass is 9.70. The van der Waals surface area contributed by atoms with Crippen molar-refractivity contribution < 1.29 is 4.43 Å². The van der Waals surface area contributed by atoms with E-state index in [0.717, 1.165) is 17.8 Å². The molecule has 2 heteroatoms. The summed E-state index contributed by atoms with van der Waals surface area (Å²) in [6, 6.07) is 1.46. The van der Waals surface area contributed by atoms with Crippen molar-refractivity contribution in [2.75, 3.05) is 7.11 Å². The van der Waals surface area contributed by atoms with E-state index in [-0.39, 0.29) is 9.76 Å². The molecule has 2 fully saturated rings. The minimum atomic E-state index is -0.216. The third kappa shape index (κ3) is 4.10. The smallest absolute Gasteiger partial charge is 0.161 e. The van der Waals surface area contributed by atoms with E-state index in [1.807, 2.05) is 7.11 Å². The van der Waals surface area contributed by atoms with Crippen LogP contribution in [0.2, 0.25) is 6.04 Å². The van der Waals surface area contributed by atoms with Crippen LogP contribution in [0.15, 0.2) is 0 Å². The average molecular weight is 254 g/mol.